The lowest BCUT2D eigenvalue weighted by Gasteiger charge is -2.40. The summed E-state index contributed by atoms with van der Waals surface area (Å²) in [5, 5.41) is 2.11. The fraction of sp³-hybridized carbons (Fsp3) is 0.280. The summed E-state index contributed by atoms with van der Waals surface area (Å²) in [4.78, 5) is 13.9. The molecular formula is C25H25FIN3O2. The van der Waals surface area contributed by atoms with E-state index in [1.807, 2.05) is 43.0 Å². The van der Waals surface area contributed by atoms with Gasteiger partial charge in [-0.25, -0.2) is 4.39 Å². The molecule has 1 amide bonds. The Kier molecular flexibility index (Phi) is 5.73. The van der Waals surface area contributed by atoms with Gasteiger partial charge in [0.15, 0.2) is 5.72 Å². The summed E-state index contributed by atoms with van der Waals surface area (Å²) in [6, 6.07) is 14.7. The largest absolute Gasteiger partial charge is 0.348 e. The van der Waals surface area contributed by atoms with Crippen molar-refractivity contribution in [1.29, 1.82) is 0 Å². The lowest BCUT2D eigenvalue weighted by Crippen LogP contribution is -2.56. The first-order chi connectivity index (χ1) is 15.4. The van der Waals surface area contributed by atoms with E-state index in [1.54, 1.807) is 6.07 Å². The van der Waals surface area contributed by atoms with E-state index in [-0.39, 0.29) is 38.6 Å². The average molecular weight is 545 g/mol. The molecule has 2 aromatic rings. The van der Waals surface area contributed by atoms with Crippen molar-refractivity contribution in [3.8, 4) is 0 Å². The van der Waals surface area contributed by atoms with Crippen LogP contribution in [0.15, 0.2) is 64.8 Å². The number of carbonyl (C=O) groups excluding carboxylic acids is 1. The van der Waals surface area contributed by atoms with Gasteiger partial charge in [-0.3, -0.25) is 9.80 Å². The molecule has 0 saturated carbocycles. The second-order valence-electron chi connectivity index (χ2n) is 8.32. The van der Waals surface area contributed by atoms with Crippen molar-refractivity contribution in [2.45, 2.75) is 38.5 Å². The number of hydrogen-bond acceptors (Lipinski definition) is 4. The van der Waals surface area contributed by atoms with Crippen LogP contribution in [-0.4, -0.2) is 26.8 Å². The minimum Gasteiger partial charge on any atom is -0.348 e. The fourth-order valence-electron chi connectivity index (χ4n) is 4.22. The summed E-state index contributed by atoms with van der Waals surface area (Å²) in [6.07, 6.45) is 5.43. The third kappa shape index (κ3) is 4.16. The molecule has 1 saturated heterocycles. The first kappa shape index (κ1) is 21.5. The van der Waals surface area contributed by atoms with Gasteiger partial charge >= 0.3 is 0 Å². The summed E-state index contributed by atoms with van der Waals surface area (Å²) >= 11 is -0.260. The maximum absolute atomic E-state index is 13.6. The molecule has 2 atom stereocenters. The van der Waals surface area contributed by atoms with Gasteiger partial charge in [-0.1, -0.05) is 45.0 Å². The standard InChI is InChI=1S/C25H25FIN3O2/c1-17(19-5-3-6-20(26)15-19)32-25(2)13-12-23-27-16-22(30(23)28-25)18-8-10-21(11-9-18)29-14-4-7-24(29)31/h3,5-6,8-13,15-17,28H,4,7,14H2,1-2H3. The number of amides is 1. The maximum atomic E-state index is 13.6. The van der Waals surface area contributed by atoms with Crippen molar-refractivity contribution in [3.05, 3.63) is 81.7 Å². The van der Waals surface area contributed by atoms with E-state index in [0.717, 1.165) is 35.5 Å². The molecule has 0 aromatic heterocycles. The zero-order valence-electron chi connectivity index (χ0n) is 18.0. The molecule has 3 aliphatic heterocycles. The summed E-state index contributed by atoms with van der Waals surface area (Å²) in [7, 11) is 0. The minimum atomic E-state index is -0.732. The smallest absolute Gasteiger partial charge is 0.227 e. The van der Waals surface area contributed by atoms with Crippen LogP contribution in [0.2, 0.25) is 0 Å². The number of ether oxygens (including phenoxy) is 1. The Balaban J connectivity index is 1.32. The zero-order valence-corrected chi connectivity index (χ0v) is 20.2. The monoisotopic (exact) mass is 545 g/mol. The lowest BCUT2D eigenvalue weighted by atomic mass is 10.1. The molecule has 32 heavy (non-hydrogen) atoms. The van der Waals surface area contributed by atoms with Crippen molar-refractivity contribution in [3.63, 3.8) is 0 Å². The molecule has 1 N–H and O–H groups in total. The SMILES string of the molecule is CC(OC1(C)C=CC2=IC=C(c3ccc(N4CCCC4=O)cc3)N2N1)c1cccc(F)c1. The van der Waals surface area contributed by atoms with Crippen LogP contribution in [-0.2, 0) is 9.53 Å². The third-order valence-electron chi connectivity index (χ3n) is 5.88. The number of carbonyl (C=O) groups is 1. The number of anilines is 1. The molecule has 7 heteroatoms. The topological polar surface area (TPSA) is 44.8 Å². The highest BCUT2D eigenvalue weighted by Crippen LogP contribution is 2.36. The predicted octanol–water partition coefficient (Wildman–Crippen LogP) is 5.24. The van der Waals surface area contributed by atoms with Crippen molar-refractivity contribution < 1.29 is 13.9 Å². The quantitative estimate of drug-likeness (QED) is 0.523. The molecule has 2 aromatic carbocycles. The van der Waals surface area contributed by atoms with Gasteiger partial charge < -0.3 is 9.64 Å². The summed E-state index contributed by atoms with van der Waals surface area (Å²) in [5.74, 6) is -0.0676. The first-order valence-corrected chi connectivity index (χ1v) is 13.1. The second-order valence-corrected chi connectivity index (χ2v) is 10.7. The molecule has 0 radical (unpaired) electrons. The van der Waals surface area contributed by atoms with E-state index < -0.39 is 5.72 Å². The van der Waals surface area contributed by atoms with Crippen LogP contribution in [0.4, 0.5) is 10.1 Å². The average Bonchev–Trinajstić information content (AvgIpc) is 3.39. The predicted molar refractivity (Wildman–Crippen MR) is 133 cm³/mol. The fourth-order valence-corrected chi connectivity index (χ4v) is 6.52. The number of rotatable bonds is 5. The molecule has 3 heterocycles. The zero-order chi connectivity index (χ0) is 22.3. The van der Waals surface area contributed by atoms with Gasteiger partial charge in [0, 0.05) is 24.2 Å². The molecule has 0 bridgehead atoms. The Morgan fingerprint density at radius 3 is 2.75 bits per heavy atom. The van der Waals surface area contributed by atoms with Crippen LogP contribution in [0.1, 0.15) is 43.9 Å². The van der Waals surface area contributed by atoms with Crippen molar-refractivity contribution in [2.75, 3.05) is 11.4 Å². The van der Waals surface area contributed by atoms with E-state index in [1.165, 1.54) is 15.8 Å². The summed E-state index contributed by atoms with van der Waals surface area (Å²) in [6.45, 7) is 4.70. The van der Waals surface area contributed by atoms with Crippen LogP contribution in [0.5, 0.6) is 0 Å². The van der Waals surface area contributed by atoms with Crippen LogP contribution in [0, 0.1) is 5.82 Å². The van der Waals surface area contributed by atoms with Gasteiger partial charge in [-0.15, -0.1) is 0 Å². The molecule has 5 nitrogen and oxygen atoms in total. The molecule has 5 rings (SSSR count). The van der Waals surface area contributed by atoms with Gasteiger partial charge in [0.25, 0.3) is 0 Å². The summed E-state index contributed by atoms with van der Waals surface area (Å²) in [5.41, 5.74) is 6.74. The van der Waals surface area contributed by atoms with Crippen molar-refractivity contribution in [1.82, 2.24) is 10.4 Å². The van der Waals surface area contributed by atoms with Crippen LogP contribution >= 0.6 is 20.7 Å². The normalized spacial score (nSPS) is 23.5. The van der Waals surface area contributed by atoms with Crippen molar-refractivity contribution in [2.24, 2.45) is 0 Å². The van der Waals surface area contributed by atoms with Gasteiger partial charge in [-0.2, -0.15) is 5.43 Å². The van der Waals surface area contributed by atoms with E-state index in [9.17, 15) is 9.18 Å². The first-order valence-electron chi connectivity index (χ1n) is 10.7. The number of halogens is 2. The molecule has 3 aliphatic rings. The highest BCUT2D eigenvalue weighted by atomic mass is 127. The van der Waals surface area contributed by atoms with Crippen molar-refractivity contribution >= 4 is 41.7 Å². The molecule has 0 aliphatic carbocycles. The molecule has 0 spiro atoms. The van der Waals surface area contributed by atoms with E-state index in [2.05, 4.69) is 32.7 Å². The Morgan fingerprint density at radius 1 is 1.22 bits per heavy atom. The number of nitrogens with one attached hydrogen (secondary N) is 1. The Morgan fingerprint density at radius 2 is 2.03 bits per heavy atom. The van der Waals surface area contributed by atoms with Gasteiger partial charge in [0.2, 0.25) is 5.91 Å². The number of hydrazine groups is 1. The maximum Gasteiger partial charge on any atom is 0.227 e. The second kappa shape index (κ2) is 8.53. The van der Waals surface area contributed by atoms with E-state index in [4.69, 9.17) is 4.74 Å². The molecule has 2 unspecified atom stereocenters. The van der Waals surface area contributed by atoms with Crippen LogP contribution in [0.25, 0.3) is 5.70 Å². The molecular weight excluding hydrogens is 520 g/mol. The number of hydrogen-bond donors (Lipinski definition) is 1. The highest BCUT2D eigenvalue weighted by molar-refractivity contribution is 14.2. The Hall–Kier alpha value is -2.36. The van der Waals surface area contributed by atoms with E-state index >= 15 is 0 Å². The van der Waals surface area contributed by atoms with Gasteiger partial charge in [0.05, 0.1) is 15.4 Å². The number of fused-ring (bicyclic) bond motifs is 1. The van der Waals surface area contributed by atoms with Crippen LogP contribution in [0.3, 0.4) is 0 Å². The van der Waals surface area contributed by atoms with Gasteiger partial charge in [0.1, 0.15) is 5.82 Å². The number of benzene rings is 2. The lowest BCUT2D eigenvalue weighted by molar-refractivity contribution is -0.117. The Labute approximate surface area is 197 Å². The van der Waals surface area contributed by atoms with Crippen LogP contribution < -0.4 is 10.3 Å². The highest BCUT2D eigenvalue weighted by Gasteiger charge is 2.35. The molecule has 166 valence electrons. The number of nitrogens with zero attached hydrogens (tertiary/aromatic N) is 2. The van der Waals surface area contributed by atoms with E-state index in [0.29, 0.717) is 6.42 Å². The third-order valence-corrected chi connectivity index (χ3v) is 8.27. The summed E-state index contributed by atoms with van der Waals surface area (Å²) < 4.78 is 23.5. The molecule has 1 fully saturated rings. The Bertz CT molecular complexity index is 1140. The van der Waals surface area contributed by atoms with Gasteiger partial charge in [-0.05, 0) is 66.3 Å². The minimum absolute atomic E-state index is 0.197.